The van der Waals surface area contributed by atoms with Gasteiger partial charge in [0.2, 0.25) is 5.91 Å². The zero-order chi connectivity index (χ0) is 12.2. The number of piperidine rings is 1. The second kappa shape index (κ2) is 5.29. The van der Waals surface area contributed by atoms with Gasteiger partial charge in [-0.3, -0.25) is 4.79 Å². The van der Waals surface area contributed by atoms with E-state index in [0.29, 0.717) is 38.8 Å². The van der Waals surface area contributed by atoms with Gasteiger partial charge in [0, 0.05) is 32.4 Å². The highest BCUT2D eigenvalue weighted by molar-refractivity contribution is 5.75. The van der Waals surface area contributed by atoms with E-state index in [1.807, 2.05) is 19.9 Å². The van der Waals surface area contributed by atoms with E-state index in [1.165, 1.54) is 0 Å². The average Bonchev–Trinajstić information content (AvgIpc) is 2.30. The Morgan fingerprint density at radius 3 is 2.44 bits per heavy atom. The Hall–Kier alpha value is -1.11. The van der Waals surface area contributed by atoms with Gasteiger partial charge in [0.15, 0.2) is 0 Å². The number of nitriles is 1. The molecule has 0 bridgehead atoms. The molecule has 1 amide bonds. The molecule has 1 aliphatic heterocycles. The van der Waals surface area contributed by atoms with Crippen LogP contribution in [0.25, 0.3) is 0 Å². The molecule has 0 radical (unpaired) electrons. The Morgan fingerprint density at radius 2 is 2.06 bits per heavy atom. The summed E-state index contributed by atoms with van der Waals surface area (Å²) in [5, 5.41) is 8.89. The van der Waals surface area contributed by atoms with Crippen LogP contribution in [-0.2, 0) is 4.79 Å². The summed E-state index contributed by atoms with van der Waals surface area (Å²) in [6.07, 6.45) is 1.60. The molecule has 1 saturated heterocycles. The van der Waals surface area contributed by atoms with Crippen LogP contribution in [0.3, 0.4) is 0 Å². The molecule has 16 heavy (non-hydrogen) atoms. The van der Waals surface area contributed by atoms with Gasteiger partial charge in [-0.2, -0.15) is 5.26 Å². The summed E-state index contributed by atoms with van der Waals surface area (Å²) in [4.78, 5) is 13.1. The Morgan fingerprint density at radius 1 is 1.50 bits per heavy atom. The van der Waals surface area contributed by atoms with Crippen molar-refractivity contribution in [2.45, 2.75) is 45.2 Å². The predicted molar refractivity (Wildman–Crippen MR) is 59.3 cm³/mol. The van der Waals surface area contributed by atoms with Gasteiger partial charge in [0.25, 0.3) is 0 Å². The van der Waals surface area contributed by atoms with Gasteiger partial charge in [-0.25, -0.2) is 4.39 Å². The molecule has 0 aromatic carbocycles. The van der Waals surface area contributed by atoms with Gasteiger partial charge in [-0.05, 0) is 6.42 Å². The number of nitrogens with zero attached hydrogens (tertiary/aromatic N) is 2. The molecule has 0 aliphatic carbocycles. The van der Waals surface area contributed by atoms with Crippen LogP contribution in [0.5, 0.6) is 0 Å². The van der Waals surface area contributed by atoms with E-state index in [4.69, 9.17) is 5.26 Å². The number of amides is 1. The number of hydrogen-bond acceptors (Lipinski definition) is 2. The first-order valence-corrected chi connectivity index (χ1v) is 5.93. The third-order valence-corrected chi connectivity index (χ3v) is 3.44. The highest BCUT2D eigenvalue weighted by Crippen LogP contribution is 2.35. The molecule has 1 heterocycles. The van der Waals surface area contributed by atoms with Crippen LogP contribution in [0, 0.1) is 17.2 Å². The Bertz CT molecular complexity index is 290. The van der Waals surface area contributed by atoms with E-state index in [1.54, 1.807) is 4.90 Å². The molecule has 3 nitrogen and oxygen atoms in total. The smallest absolute Gasteiger partial charge is 0.222 e. The summed E-state index contributed by atoms with van der Waals surface area (Å²) in [5.74, 6) is -0.460. The van der Waals surface area contributed by atoms with E-state index in [0.717, 1.165) is 0 Å². The molecule has 1 atom stereocenters. The second-order valence-electron chi connectivity index (χ2n) is 4.36. The Kier molecular flexibility index (Phi) is 4.28. The quantitative estimate of drug-likeness (QED) is 0.741. The Balaban J connectivity index is 2.60. The third-order valence-electron chi connectivity index (χ3n) is 3.44. The first kappa shape index (κ1) is 13.0. The summed E-state index contributed by atoms with van der Waals surface area (Å²) in [5.41, 5.74) is -1.39. The molecule has 0 aromatic heterocycles. The number of likely N-dealkylation sites (tertiary alicyclic amines) is 1. The van der Waals surface area contributed by atoms with Gasteiger partial charge < -0.3 is 4.90 Å². The van der Waals surface area contributed by atoms with Crippen molar-refractivity contribution < 1.29 is 9.18 Å². The van der Waals surface area contributed by atoms with E-state index < -0.39 is 11.6 Å². The van der Waals surface area contributed by atoms with Gasteiger partial charge >= 0.3 is 0 Å². The number of carbonyl (C=O) groups excluding carboxylic acids is 1. The molecule has 4 heteroatoms. The molecule has 0 N–H and O–H groups in total. The molecule has 0 saturated carbocycles. The number of alkyl halides is 1. The van der Waals surface area contributed by atoms with Crippen molar-refractivity contribution in [3.63, 3.8) is 0 Å². The van der Waals surface area contributed by atoms with Crippen LogP contribution in [0.15, 0.2) is 0 Å². The van der Waals surface area contributed by atoms with Gasteiger partial charge in [-0.1, -0.05) is 13.8 Å². The lowest BCUT2D eigenvalue weighted by Crippen LogP contribution is -2.47. The van der Waals surface area contributed by atoms with Crippen LogP contribution < -0.4 is 0 Å². The van der Waals surface area contributed by atoms with E-state index in [9.17, 15) is 9.18 Å². The molecule has 1 aliphatic rings. The van der Waals surface area contributed by atoms with E-state index in [2.05, 4.69) is 0 Å². The van der Waals surface area contributed by atoms with Crippen molar-refractivity contribution in [2.24, 2.45) is 5.92 Å². The lowest BCUT2D eigenvalue weighted by atomic mass is 9.80. The molecule has 0 aromatic rings. The van der Waals surface area contributed by atoms with Crippen molar-refractivity contribution in [1.29, 1.82) is 5.26 Å². The lowest BCUT2D eigenvalue weighted by molar-refractivity contribution is -0.134. The van der Waals surface area contributed by atoms with Crippen LogP contribution in [0.4, 0.5) is 4.39 Å². The van der Waals surface area contributed by atoms with Crippen molar-refractivity contribution in [3.05, 3.63) is 0 Å². The van der Waals surface area contributed by atoms with Crippen LogP contribution in [-0.4, -0.2) is 29.6 Å². The van der Waals surface area contributed by atoms with E-state index in [-0.39, 0.29) is 5.91 Å². The Labute approximate surface area is 96.2 Å². The first-order chi connectivity index (χ1) is 7.57. The zero-order valence-electron chi connectivity index (χ0n) is 10.0. The molecule has 90 valence electrons. The second-order valence-corrected chi connectivity index (χ2v) is 4.36. The van der Waals surface area contributed by atoms with Crippen molar-refractivity contribution in [3.8, 4) is 6.07 Å². The molecule has 1 unspecified atom stereocenters. The van der Waals surface area contributed by atoms with Crippen LogP contribution in [0.2, 0.25) is 0 Å². The zero-order valence-corrected chi connectivity index (χ0v) is 10.0. The predicted octanol–water partition coefficient (Wildman–Crippen LogP) is 2.28. The number of hydrogen-bond donors (Lipinski definition) is 0. The third kappa shape index (κ3) is 2.52. The fourth-order valence-corrected chi connectivity index (χ4v) is 2.27. The molecular formula is C12H19FN2O. The SMILES string of the molecule is CCC(=O)N1CCC(F)(C(C#N)CC)CC1. The average molecular weight is 226 g/mol. The maximum atomic E-state index is 14.4. The maximum absolute atomic E-state index is 14.4. The van der Waals surface area contributed by atoms with Crippen LogP contribution >= 0.6 is 0 Å². The lowest BCUT2D eigenvalue weighted by Gasteiger charge is -2.38. The van der Waals surface area contributed by atoms with Crippen LogP contribution in [0.1, 0.15) is 39.5 Å². The minimum absolute atomic E-state index is 0.0760. The summed E-state index contributed by atoms with van der Waals surface area (Å²) in [6.45, 7) is 4.53. The molecule has 1 rings (SSSR count). The summed E-state index contributed by atoms with van der Waals surface area (Å²) < 4.78 is 14.4. The van der Waals surface area contributed by atoms with E-state index >= 15 is 0 Å². The number of carbonyl (C=O) groups is 1. The molecular weight excluding hydrogens is 207 g/mol. The summed E-state index contributed by atoms with van der Waals surface area (Å²) in [7, 11) is 0. The maximum Gasteiger partial charge on any atom is 0.222 e. The number of halogens is 1. The standard InChI is InChI=1S/C12H19FN2O/c1-3-10(9-14)12(13)5-7-15(8-6-12)11(16)4-2/h10H,3-8H2,1-2H3. The largest absolute Gasteiger partial charge is 0.342 e. The van der Waals surface area contributed by atoms with Gasteiger partial charge in [0.05, 0.1) is 12.0 Å². The van der Waals surface area contributed by atoms with Gasteiger partial charge in [0.1, 0.15) is 5.67 Å². The van der Waals surface area contributed by atoms with Gasteiger partial charge in [-0.15, -0.1) is 0 Å². The van der Waals surface area contributed by atoms with Crippen molar-refractivity contribution >= 4 is 5.91 Å². The highest BCUT2D eigenvalue weighted by atomic mass is 19.1. The topological polar surface area (TPSA) is 44.1 Å². The first-order valence-electron chi connectivity index (χ1n) is 5.93. The van der Waals surface area contributed by atoms with Crippen molar-refractivity contribution in [1.82, 2.24) is 4.90 Å². The fraction of sp³-hybridized carbons (Fsp3) is 0.833. The normalized spacial score (nSPS) is 21.2. The minimum atomic E-state index is -1.39. The summed E-state index contributed by atoms with van der Waals surface area (Å²) in [6, 6.07) is 2.04. The number of rotatable bonds is 3. The molecule has 0 spiro atoms. The summed E-state index contributed by atoms with van der Waals surface area (Å²) >= 11 is 0. The monoisotopic (exact) mass is 226 g/mol. The highest BCUT2D eigenvalue weighted by Gasteiger charge is 2.41. The molecule has 1 fully saturated rings. The minimum Gasteiger partial charge on any atom is -0.342 e. The fourth-order valence-electron chi connectivity index (χ4n) is 2.27. The van der Waals surface area contributed by atoms with Crippen molar-refractivity contribution in [2.75, 3.05) is 13.1 Å².